The Morgan fingerprint density at radius 3 is 2.05 bits per heavy atom. The Balaban J connectivity index is 2.05. The molecule has 0 aliphatic heterocycles. The lowest BCUT2D eigenvalue weighted by Gasteiger charge is -2.32. The van der Waals surface area contributed by atoms with Crippen LogP contribution in [0.2, 0.25) is 10.0 Å². The van der Waals surface area contributed by atoms with E-state index in [1.807, 2.05) is 39.8 Å². The van der Waals surface area contributed by atoms with Crippen LogP contribution in [0.5, 0.6) is 0 Å². The smallest absolute Gasteiger partial charge is 0.264 e. The number of amides is 2. The molecule has 0 aliphatic rings. The number of hydrogen-bond acceptors (Lipinski definition) is 4. The summed E-state index contributed by atoms with van der Waals surface area (Å²) in [4.78, 5) is 28.6. The lowest BCUT2D eigenvalue weighted by atomic mass is 10.0. The van der Waals surface area contributed by atoms with Crippen LogP contribution in [0, 0.1) is 6.92 Å². The van der Waals surface area contributed by atoms with Crippen molar-refractivity contribution in [3.05, 3.63) is 93.5 Å². The largest absolute Gasteiger partial charge is 0.354 e. The molecular weight excluding hydrogens is 593 g/mol. The van der Waals surface area contributed by atoms with E-state index < -0.39 is 28.5 Å². The van der Waals surface area contributed by atoms with E-state index in [9.17, 15) is 18.0 Å². The monoisotopic (exact) mass is 631 g/mol. The van der Waals surface area contributed by atoms with Crippen LogP contribution in [0.15, 0.2) is 71.6 Å². The van der Waals surface area contributed by atoms with Gasteiger partial charge in [-0.15, -0.1) is 0 Å². The van der Waals surface area contributed by atoms with Crippen LogP contribution in [-0.2, 0) is 26.2 Å². The van der Waals surface area contributed by atoms with E-state index >= 15 is 0 Å². The van der Waals surface area contributed by atoms with Crippen molar-refractivity contribution in [2.45, 2.75) is 70.9 Å². The van der Waals surface area contributed by atoms with Gasteiger partial charge in [0.2, 0.25) is 11.8 Å². The minimum atomic E-state index is -4.15. The fraction of sp³-hybridized carbons (Fsp3) is 0.375. The zero-order chi connectivity index (χ0) is 31.0. The van der Waals surface area contributed by atoms with Crippen LogP contribution < -0.4 is 9.62 Å². The normalized spacial score (nSPS) is 12.2. The van der Waals surface area contributed by atoms with Crippen LogP contribution in [0.4, 0.5) is 5.69 Å². The number of unbranched alkanes of at least 4 members (excludes halogenated alkanes) is 1. The van der Waals surface area contributed by atoms with Gasteiger partial charge in [-0.1, -0.05) is 86.3 Å². The van der Waals surface area contributed by atoms with E-state index in [4.69, 9.17) is 23.2 Å². The molecule has 0 heterocycles. The van der Waals surface area contributed by atoms with Gasteiger partial charge in [-0.25, -0.2) is 8.42 Å². The van der Waals surface area contributed by atoms with Gasteiger partial charge in [-0.05, 0) is 68.1 Å². The van der Waals surface area contributed by atoms with E-state index in [2.05, 4.69) is 5.32 Å². The first-order chi connectivity index (χ1) is 19.9. The van der Waals surface area contributed by atoms with Crippen molar-refractivity contribution in [1.82, 2.24) is 10.2 Å². The number of hydrogen-bond donors (Lipinski definition) is 1. The summed E-state index contributed by atoms with van der Waals surface area (Å²) in [5.41, 5.74) is 2.74. The Kier molecular flexibility index (Phi) is 11.9. The number of anilines is 1. The summed E-state index contributed by atoms with van der Waals surface area (Å²) >= 11 is 12.9. The zero-order valence-electron chi connectivity index (χ0n) is 24.7. The molecule has 3 aromatic rings. The Labute approximate surface area is 259 Å². The standard InChI is InChI=1S/C32H39Cl2N3O4S/c1-6-7-19-35-32(39)24(5)36(20-28-29(33)9-8-10-30(28)34)31(38)21-37(26-15-13-25(14-16-26)22(2)3)42(40,41)27-17-11-23(4)12-18-27/h8-18,22,24H,6-7,19-21H2,1-5H3,(H,35,39). The molecule has 0 saturated carbocycles. The molecule has 7 nitrogen and oxygen atoms in total. The minimum Gasteiger partial charge on any atom is -0.354 e. The van der Waals surface area contributed by atoms with Crippen LogP contribution >= 0.6 is 23.2 Å². The third kappa shape index (κ3) is 8.27. The van der Waals surface area contributed by atoms with E-state index in [1.165, 1.54) is 17.0 Å². The molecule has 1 N–H and O–H groups in total. The lowest BCUT2D eigenvalue weighted by molar-refractivity contribution is -0.139. The van der Waals surface area contributed by atoms with Gasteiger partial charge in [-0.2, -0.15) is 0 Å². The quantitative estimate of drug-likeness (QED) is 0.207. The molecule has 3 aromatic carbocycles. The number of aryl methyl sites for hydroxylation is 1. The van der Waals surface area contributed by atoms with Gasteiger partial charge in [0.1, 0.15) is 12.6 Å². The van der Waals surface area contributed by atoms with Gasteiger partial charge in [-0.3, -0.25) is 13.9 Å². The Morgan fingerprint density at radius 2 is 1.50 bits per heavy atom. The van der Waals surface area contributed by atoms with Gasteiger partial charge < -0.3 is 10.2 Å². The predicted molar refractivity (Wildman–Crippen MR) is 171 cm³/mol. The molecule has 0 spiro atoms. The number of halogens is 2. The Hall–Kier alpha value is -3.07. The zero-order valence-corrected chi connectivity index (χ0v) is 27.1. The summed E-state index contributed by atoms with van der Waals surface area (Å²) in [6.45, 7) is 9.43. The van der Waals surface area contributed by atoms with E-state index in [0.29, 0.717) is 27.8 Å². The van der Waals surface area contributed by atoms with Gasteiger partial charge in [0.15, 0.2) is 0 Å². The molecule has 42 heavy (non-hydrogen) atoms. The minimum absolute atomic E-state index is 0.0555. The van der Waals surface area contributed by atoms with Gasteiger partial charge in [0.25, 0.3) is 10.0 Å². The maximum atomic E-state index is 14.1. The highest BCUT2D eigenvalue weighted by Crippen LogP contribution is 2.29. The molecule has 3 rings (SSSR count). The molecule has 1 atom stereocenters. The SMILES string of the molecule is CCCCNC(=O)C(C)N(Cc1c(Cl)cccc1Cl)C(=O)CN(c1ccc(C(C)C)cc1)S(=O)(=O)c1ccc(C)cc1. The van der Waals surface area contributed by atoms with Crippen LogP contribution in [0.3, 0.4) is 0 Å². The van der Waals surface area contributed by atoms with E-state index in [-0.39, 0.29) is 23.3 Å². The second-order valence-corrected chi connectivity index (χ2v) is 13.3. The molecule has 0 bridgehead atoms. The second-order valence-electron chi connectivity index (χ2n) is 10.6. The molecule has 1 unspecified atom stereocenters. The highest BCUT2D eigenvalue weighted by atomic mass is 35.5. The first-order valence-corrected chi connectivity index (χ1v) is 16.3. The van der Waals surface area contributed by atoms with E-state index in [0.717, 1.165) is 28.3 Å². The summed E-state index contributed by atoms with van der Waals surface area (Å²) in [6, 6.07) is 17.7. The number of rotatable bonds is 13. The average molecular weight is 633 g/mol. The molecular formula is C32H39Cl2N3O4S. The van der Waals surface area contributed by atoms with Crippen molar-refractivity contribution < 1.29 is 18.0 Å². The van der Waals surface area contributed by atoms with Crippen LogP contribution in [0.25, 0.3) is 0 Å². The van der Waals surface area contributed by atoms with Crippen LogP contribution in [-0.4, -0.2) is 44.3 Å². The van der Waals surface area contributed by atoms with Crippen molar-refractivity contribution in [3.63, 3.8) is 0 Å². The highest BCUT2D eigenvalue weighted by molar-refractivity contribution is 7.92. The fourth-order valence-electron chi connectivity index (χ4n) is 4.36. The predicted octanol–water partition coefficient (Wildman–Crippen LogP) is 6.95. The maximum absolute atomic E-state index is 14.1. The third-order valence-electron chi connectivity index (χ3n) is 7.12. The molecule has 2 amide bonds. The topological polar surface area (TPSA) is 86.8 Å². The number of nitrogens with zero attached hydrogens (tertiary/aromatic N) is 2. The summed E-state index contributed by atoms with van der Waals surface area (Å²) in [6.07, 6.45) is 1.69. The molecule has 0 aromatic heterocycles. The molecule has 10 heteroatoms. The first kappa shape index (κ1) is 33.4. The lowest BCUT2D eigenvalue weighted by Crippen LogP contribution is -2.51. The Bertz CT molecular complexity index is 1460. The molecule has 0 saturated heterocycles. The van der Waals surface area contributed by atoms with Crippen molar-refractivity contribution in [2.75, 3.05) is 17.4 Å². The number of sulfonamides is 1. The van der Waals surface area contributed by atoms with Crippen molar-refractivity contribution in [2.24, 2.45) is 0 Å². The summed E-state index contributed by atoms with van der Waals surface area (Å²) in [5.74, 6) is -0.687. The summed E-state index contributed by atoms with van der Waals surface area (Å²) in [7, 11) is -4.15. The number of carbonyl (C=O) groups is 2. The number of carbonyl (C=O) groups excluding carboxylic acids is 2. The fourth-order valence-corrected chi connectivity index (χ4v) is 6.30. The molecule has 0 radical (unpaired) electrons. The average Bonchev–Trinajstić information content (AvgIpc) is 2.95. The van der Waals surface area contributed by atoms with Crippen molar-refractivity contribution >= 4 is 50.7 Å². The Morgan fingerprint density at radius 1 is 0.905 bits per heavy atom. The van der Waals surface area contributed by atoms with Gasteiger partial charge in [0, 0.05) is 28.7 Å². The maximum Gasteiger partial charge on any atom is 0.264 e. The van der Waals surface area contributed by atoms with Gasteiger partial charge >= 0.3 is 0 Å². The third-order valence-corrected chi connectivity index (χ3v) is 9.62. The number of benzene rings is 3. The molecule has 226 valence electrons. The number of nitrogens with one attached hydrogen (secondary N) is 1. The van der Waals surface area contributed by atoms with Crippen molar-refractivity contribution in [1.29, 1.82) is 0 Å². The first-order valence-electron chi connectivity index (χ1n) is 14.1. The molecule has 0 fully saturated rings. The van der Waals surface area contributed by atoms with E-state index in [1.54, 1.807) is 49.4 Å². The van der Waals surface area contributed by atoms with Gasteiger partial charge in [0.05, 0.1) is 10.6 Å². The van der Waals surface area contributed by atoms with Crippen molar-refractivity contribution in [3.8, 4) is 0 Å². The highest BCUT2D eigenvalue weighted by Gasteiger charge is 2.33. The summed E-state index contributed by atoms with van der Waals surface area (Å²) in [5, 5.41) is 3.55. The second kappa shape index (κ2) is 14.9. The summed E-state index contributed by atoms with van der Waals surface area (Å²) < 4.78 is 29.1. The molecule has 0 aliphatic carbocycles. The van der Waals surface area contributed by atoms with Crippen LogP contribution in [0.1, 0.15) is 63.1 Å².